The van der Waals surface area contributed by atoms with Crippen LogP contribution in [0.1, 0.15) is 25.2 Å². The first-order valence-corrected chi connectivity index (χ1v) is 6.86. The molecule has 5 nitrogen and oxygen atoms in total. The summed E-state index contributed by atoms with van der Waals surface area (Å²) in [7, 11) is 0. The predicted molar refractivity (Wildman–Crippen MR) is 80.8 cm³/mol. The molecule has 6 heteroatoms. The lowest BCUT2D eigenvalue weighted by Crippen LogP contribution is -2.42. The maximum absolute atomic E-state index is 12.3. The van der Waals surface area contributed by atoms with Crippen LogP contribution in [0.5, 0.6) is 5.75 Å². The third-order valence-electron chi connectivity index (χ3n) is 2.87. The Morgan fingerprint density at radius 1 is 1.33 bits per heavy atom. The molecule has 0 atom stereocenters. The molecule has 0 radical (unpaired) electrons. The van der Waals surface area contributed by atoms with Gasteiger partial charge in [0.1, 0.15) is 11.5 Å². The van der Waals surface area contributed by atoms with E-state index in [4.69, 9.17) is 20.9 Å². The SMILES string of the molecule is Cc1ccc(Cl)c(OC(C)(C)C(=O)Nc2cc(C)on2)c1. The number of rotatable bonds is 4. The summed E-state index contributed by atoms with van der Waals surface area (Å²) in [6.45, 7) is 6.99. The van der Waals surface area contributed by atoms with Crippen LogP contribution in [0.3, 0.4) is 0 Å². The molecule has 0 saturated carbocycles. The number of aromatic nitrogens is 1. The van der Waals surface area contributed by atoms with E-state index >= 15 is 0 Å². The van der Waals surface area contributed by atoms with E-state index in [2.05, 4.69) is 10.5 Å². The zero-order chi connectivity index (χ0) is 15.6. The number of carbonyl (C=O) groups is 1. The van der Waals surface area contributed by atoms with Crippen molar-refractivity contribution < 1.29 is 14.1 Å². The van der Waals surface area contributed by atoms with Crippen LogP contribution in [0.2, 0.25) is 5.02 Å². The van der Waals surface area contributed by atoms with Gasteiger partial charge in [-0.1, -0.05) is 22.8 Å². The fourth-order valence-corrected chi connectivity index (χ4v) is 1.86. The molecule has 1 amide bonds. The van der Waals surface area contributed by atoms with Gasteiger partial charge in [-0.05, 0) is 45.4 Å². The van der Waals surface area contributed by atoms with Crippen LogP contribution >= 0.6 is 11.6 Å². The Labute approximate surface area is 128 Å². The van der Waals surface area contributed by atoms with Crippen LogP contribution in [0, 0.1) is 13.8 Å². The maximum atomic E-state index is 12.3. The van der Waals surface area contributed by atoms with Crippen molar-refractivity contribution >= 4 is 23.3 Å². The van der Waals surface area contributed by atoms with E-state index in [1.165, 1.54) is 0 Å². The summed E-state index contributed by atoms with van der Waals surface area (Å²) in [6.07, 6.45) is 0. The van der Waals surface area contributed by atoms with Gasteiger partial charge in [-0.15, -0.1) is 0 Å². The fourth-order valence-electron chi connectivity index (χ4n) is 1.70. The Hall–Kier alpha value is -2.01. The van der Waals surface area contributed by atoms with Crippen LogP contribution in [-0.2, 0) is 4.79 Å². The van der Waals surface area contributed by atoms with Crippen LogP contribution < -0.4 is 10.1 Å². The van der Waals surface area contributed by atoms with Crippen molar-refractivity contribution in [3.63, 3.8) is 0 Å². The minimum absolute atomic E-state index is 0.339. The van der Waals surface area contributed by atoms with Crippen molar-refractivity contribution in [3.8, 4) is 5.75 Å². The Bertz CT molecular complexity index is 665. The quantitative estimate of drug-likeness (QED) is 0.934. The van der Waals surface area contributed by atoms with E-state index in [1.54, 1.807) is 39.0 Å². The van der Waals surface area contributed by atoms with Gasteiger partial charge in [-0.2, -0.15) is 0 Å². The Kier molecular flexibility index (Phi) is 4.23. The third-order valence-corrected chi connectivity index (χ3v) is 3.18. The first kappa shape index (κ1) is 15.4. The summed E-state index contributed by atoms with van der Waals surface area (Å²) in [5.41, 5.74) is -0.109. The molecule has 0 saturated heterocycles. The van der Waals surface area contributed by atoms with Gasteiger partial charge in [0.15, 0.2) is 11.4 Å². The zero-order valence-electron chi connectivity index (χ0n) is 12.4. The number of carbonyl (C=O) groups excluding carboxylic acids is 1. The van der Waals surface area contributed by atoms with E-state index in [0.29, 0.717) is 22.4 Å². The van der Waals surface area contributed by atoms with Gasteiger partial charge >= 0.3 is 0 Å². The number of hydrogen-bond donors (Lipinski definition) is 1. The van der Waals surface area contributed by atoms with Gasteiger partial charge in [-0.3, -0.25) is 4.79 Å². The number of hydrogen-bond acceptors (Lipinski definition) is 4. The van der Waals surface area contributed by atoms with Crippen LogP contribution in [0.25, 0.3) is 0 Å². The second kappa shape index (κ2) is 5.77. The highest BCUT2D eigenvalue weighted by Gasteiger charge is 2.31. The van der Waals surface area contributed by atoms with Crippen LogP contribution in [0.4, 0.5) is 5.82 Å². The topological polar surface area (TPSA) is 64.4 Å². The number of benzene rings is 1. The van der Waals surface area contributed by atoms with E-state index in [-0.39, 0.29) is 5.91 Å². The lowest BCUT2D eigenvalue weighted by atomic mass is 10.1. The summed E-state index contributed by atoms with van der Waals surface area (Å²) in [6, 6.07) is 7.03. The van der Waals surface area contributed by atoms with Crippen molar-refractivity contribution in [2.24, 2.45) is 0 Å². The summed E-state index contributed by atoms with van der Waals surface area (Å²) in [5, 5.41) is 6.82. The van der Waals surface area contributed by atoms with Crippen LogP contribution in [0.15, 0.2) is 28.8 Å². The highest BCUT2D eigenvalue weighted by molar-refractivity contribution is 6.32. The second-order valence-corrected chi connectivity index (χ2v) is 5.73. The molecule has 0 aliphatic rings. The van der Waals surface area contributed by atoms with Gasteiger partial charge in [0, 0.05) is 6.07 Å². The number of amides is 1. The van der Waals surface area contributed by atoms with E-state index in [1.807, 2.05) is 13.0 Å². The largest absolute Gasteiger partial charge is 0.476 e. The molecule has 2 rings (SSSR count). The van der Waals surface area contributed by atoms with Gasteiger partial charge in [0.2, 0.25) is 0 Å². The minimum Gasteiger partial charge on any atom is -0.476 e. The third kappa shape index (κ3) is 3.76. The molecule has 0 aliphatic heterocycles. The molecule has 112 valence electrons. The Balaban J connectivity index is 2.13. The number of nitrogens with one attached hydrogen (secondary N) is 1. The molecule has 0 unspecified atom stereocenters. The summed E-state index contributed by atoms with van der Waals surface area (Å²) >= 11 is 6.09. The summed E-state index contributed by atoms with van der Waals surface area (Å²) in [5.74, 6) is 1.09. The normalized spacial score (nSPS) is 11.3. The molecule has 1 N–H and O–H groups in total. The molecule has 2 aromatic rings. The predicted octanol–water partition coefficient (Wildman–Crippen LogP) is 3.74. The van der Waals surface area contributed by atoms with Gasteiger partial charge in [0.25, 0.3) is 5.91 Å². The van der Waals surface area contributed by atoms with E-state index in [0.717, 1.165) is 5.56 Å². The summed E-state index contributed by atoms with van der Waals surface area (Å²) < 4.78 is 10.7. The number of anilines is 1. The fraction of sp³-hybridized carbons (Fsp3) is 0.333. The molecule has 1 heterocycles. The molecule has 0 fully saturated rings. The molecule has 0 aliphatic carbocycles. The first-order valence-electron chi connectivity index (χ1n) is 6.48. The van der Waals surface area contributed by atoms with Crippen molar-refractivity contribution in [1.82, 2.24) is 5.16 Å². The average molecular weight is 309 g/mol. The molecule has 0 bridgehead atoms. The molecule has 1 aromatic heterocycles. The van der Waals surface area contributed by atoms with Crippen molar-refractivity contribution in [3.05, 3.63) is 40.6 Å². The number of nitrogens with zero attached hydrogens (tertiary/aromatic N) is 1. The Morgan fingerprint density at radius 2 is 2.05 bits per heavy atom. The van der Waals surface area contributed by atoms with E-state index in [9.17, 15) is 4.79 Å². The maximum Gasteiger partial charge on any atom is 0.269 e. The molecular formula is C15H17ClN2O3. The van der Waals surface area contributed by atoms with Gasteiger partial charge in [-0.25, -0.2) is 0 Å². The highest BCUT2D eigenvalue weighted by Crippen LogP contribution is 2.29. The highest BCUT2D eigenvalue weighted by atomic mass is 35.5. The summed E-state index contributed by atoms with van der Waals surface area (Å²) in [4.78, 5) is 12.3. The van der Waals surface area contributed by atoms with Gasteiger partial charge in [0.05, 0.1) is 5.02 Å². The lowest BCUT2D eigenvalue weighted by Gasteiger charge is -2.25. The minimum atomic E-state index is -1.11. The molecule has 0 spiro atoms. The van der Waals surface area contributed by atoms with E-state index < -0.39 is 5.60 Å². The van der Waals surface area contributed by atoms with Crippen molar-refractivity contribution in [1.29, 1.82) is 0 Å². The van der Waals surface area contributed by atoms with Crippen molar-refractivity contribution in [2.75, 3.05) is 5.32 Å². The number of aryl methyl sites for hydroxylation is 2. The second-order valence-electron chi connectivity index (χ2n) is 5.32. The smallest absolute Gasteiger partial charge is 0.269 e. The standard InChI is InChI=1S/C15H17ClN2O3/c1-9-5-6-11(16)12(7-9)20-15(3,4)14(19)17-13-8-10(2)21-18-13/h5-8H,1-4H3,(H,17,18,19). The zero-order valence-corrected chi connectivity index (χ0v) is 13.1. The number of halogens is 1. The average Bonchev–Trinajstić information content (AvgIpc) is 2.79. The first-order chi connectivity index (χ1) is 9.78. The monoisotopic (exact) mass is 308 g/mol. The Morgan fingerprint density at radius 3 is 2.67 bits per heavy atom. The van der Waals surface area contributed by atoms with Crippen LogP contribution in [-0.4, -0.2) is 16.7 Å². The molecular weight excluding hydrogens is 292 g/mol. The van der Waals surface area contributed by atoms with Gasteiger partial charge < -0.3 is 14.6 Å². The molecule has 1 aromatic carbocycles. The molecule has 21 heavy (non-hydrogen) atoms. The number of ether oxygens (including phenoxy) is 1. The lowest BCUT2D eigenvalue weighted by molar-refractivity contribution is -0.128. The van der Waals surface area contributed by atoms with Crippen molar-refractivity contribution in [2.45, 2.75) is 33.3 Å².